The van der Waals surface area contributed by atoms with Crippen LogP contribution < -0.4 is 0 Å². The van der Waals surface area contributed by atoms with Crippen LogP contribution >= 0.6 is 0 Å². The quantitative estimate of drug-likeness (QED) is 0.494. The van der Waals surface area contributed by atoms with E-state index in [-0.39, 0.29) is 0 Å². The molecule has 0 heterocycles. The predicted octanol–water partition coefficient (Wildman–Crippen LogP) is 4.37. The third kappa shape index (κ3) is 6.47. The van der Waals surface area contributed by atoms with Gasteiger partial charge in [-0.2, -0.15) is 0 Å². The van der Waals surface area contributed by atoms with E-state index in [0.29, 0.717) is 0 Å². The maximum atomic E-state index is 3.28. The fourth-order valence-corrected chi connectivity index (χ4v) is 1.36. The average Bonchev–Trinajstić information content (AvgIpc) is 2.22. The molecule has 0 fully saturated rings. The highest BCUT2D eigenvalue weighted by Crippen LogP contribution is 2.03. The normalized spacial score (nSPS) is 28.6. The lowest BCUT2D eigenvalue weighted by molar-refractivity contribution is 0.759. The molecule has 0 aromatic heterocycles. The van der Waals surface area contributed by atoms with Crippen molar-refractivity contribution in [2.24, 2.45) is 0 Å². The van der Waals surface area contributed by atoms with Crippen LogP contribution in [0.2, 0.25) is 0 Å². The Hall–Kier alpha value is -1.04. The first-order valence-corrected chi connectivity index (χ1v) is 5.52. The largest absolute Gasteiger partial charge is 0.0882 e. The van der Waals surface area contributed by atoms with E-state index >= 15 is 0 Å². The minimum atomic E-state index is 0.945. The van der Waals surface area contributed by atoms with Gasteiger partial charge in [-0.15, -0.1) is 0 Å². The summed E-state index contributed by atoms with van der Waals surface area (Å²) in [6, 6.07) is 0. The molecule has 0 heteroatoms. The molecular formula is C14H19. The van der Waals surface area contributed by atoms with Crippen LogP contribution in [0.15, 0.2) is 42.5 Å². The maximum absolute atomic E-state index is 3.28. The van der Waals surface area contributed by atoms with Gasteiger partial charge in [-0.1, -0.05) is 42.5 Å². The molecule has 1 aliphatic rings. The van der Waals surface area contributed by atoms with Gasteiger partial charge in [0.2, 0.25) is 0 Å². The summed E-state index contributed by atoms with van der Waals surface area (Å²) in [5, 5.41) is 0. The van der Waals surface area contributed by atoms with E-state index in [1.807, 2.05) is 0 Å². The molecule has 0 aromatic carbocycles. The number of hydrogen-bond acceptors (Lipinski definition) is 0. The Labute approximate surface area is 87.7 Å². The molecule has 0 nitrogen and oxygen atoms in total. The third-order valence-electron chi connectivity index (χ3n) is 2.17. The lowest BCUT2D eigenvalue weighted by atomic mass is 10.1. The Morgan fingerprint density at radius 3 is 2.64 bits per heavy atom. The van der Waals surface area contributed by atoms with Crippen molar-refractivity contribution in [3.8, 4) is 0 Å². The molecule has 1 radical (unpaired) electrons. The van der Waals surface area contributed by atoms with Crippen LogP contribution in [-0.4, -0.2) is 0 Å². The Kier molecular flexibility index (Phi) is 6.74. The smallest absolute Gasteiger partial charge is 0.00948 e. The van der Waals surface area contributed by atoms with Crippen LogP contribution in [-0.2, 0) is 0 Å². The van der Waals surface area contributed by atoms with Crippen molar-refractivity contribution in [3.63, 3.8) is 0 Å². The van der Waals surface area contributed by atoms with Crippen molar-refractivity contribution < 1.29 is 0 Å². The topological polar surface area (TPSA) is 0 Å². The van der Waals surface area contributed by atoms with Gasteiger partial charge in [0.05, 0.1) is 0 Å². The van der Waals surface area contributed by atoms with Crippen molar-refractivity contribution >= 4 is 0 Å². The zero-order valence-electron chi connectivity index (χ0n) is 8.78. The molecule has 1 rings (SSSR count). The van der Waals surface area contributed by atoms with Gasteiger partial charge in [0.1, 0.15) is 0 Å². The molecule has 0 amide bonds. The van der Waals surface area contributed by atoms with Crippen LogP contribution in [0.4, 0.5) is 0 Å². The van der Waals surface area contributed by atoms with Crippen LogP contribution in [0.1, 0.15) is 38.5 Å². The van der Waals surface area contributed by atoms with Gasteiger partial charge >= 0.3 is 0 Å². The zero-order valence-corrected chi connectivity index (χ0v) is 8.78. The lowest BCUT2D eigenvalue weighted by Crippen LogP contribution is -1.73. The summed E-state index contributed by atoms with van der Waals surface area (Å²) >= 11 is 0. The van der Waals surface area contributed by atoms with E-state index in [1.54, 1.807) is 0 Å². The van der Waals surface area contributed by atoms with E-state index in [9.17, 15) is 0 Å². The van der Waals surface area contributed by atoms with Crippen LogP contribution in [0.5, 0.6) is 0 Å². The van der Waals surface area contributed by atoms with Crippen LogP contribution in [0.3, 0.4) is 0 Å². The standard InChI is InChI=1S/C14H19/c1-2-4-6-8-10-12-14-13-11-9-7-5-3-1/h1-4,7,9-10H,5-6,11-14H2/b3-1-,4-2+,9-7-,10-8?. The highest BCUT2D eigenvalue weighted by molar-refractivity contribution is 5.05. The molecule has 0 aliphatic heterocycles. The second-order valence-electron chi connectivity index (χ2n) is 3.46. The summed E-state index contributed by atoms with van der Waals surface area (Å²) in [5.41, 5.74) is 0. The number of rotatable bonds is 0. The minimum Gasteiger partial charge on any atom is -0.0882 e. The van der Waals surface area contributed by atoms with Crippen molar-refractivity contribution in [2.75, 3.05) is 0 Å². The highest BCUT2D eigenvalue weighted by atomic mass is 13.9. The van der Waals surface area contributed by atoms with Crippen molar-refractivity contribution in [1.29, 1.82) is 0 Å². The Morgan fingerprint density at radius 1 is 0.786 bits per heavy atom. The van der Waals surface area contributed by atoms with Gasteiger partial charge in [-0.25, -0.2) is 0 Å². The van der Waals surface area contributed by atoms with Crippen LogP contribution in [0.25, 0.3) is 0 Å². The summed E-state index contributed by atoms with van der Waals surface area (Å²) in [5.74, 6) is 0. The molecule has 0 saturated carbocycles. The monoisotopic (exact) mass is 187 g/mol. The SMILES string of the molecule is [C]1=C/CCCC/C=C\C/C=C\C=C\C/1. The van der Waals surface area contributed by atoms with E-state index in [1.165, 1.54) is 25.7 Å². The lowest BCUT2D eigenvalue weighted by Gasteiger charge is -1.93. The molecule has 0 spiro atoms. The van der Waals surface area contributed by atoms with Gasteiger partial charge in [0, 0.05) is 0 Å². The highest BCUT2D eigenvalue weighted by Gasteiger charge is 1.83. The van der Waals surface area contributed by atoms with E-state index < -0.39 is 0 Å². The Morgan fingerprint density at radius 2 is 1.64 bits per heavy atom. The first kappa shape index (κ1) is 11.0. The Bertz CT molecular complexity index is 202. The fourth-order valence-electron chi connectivity index (χ4n) is 1.36. The number of hydrogen-bond donors (Lipinski definition) is 0. The van der Waals surface area contributed by atoms with Gasteiger partial charge in [0.15, 0.2) is 0 Å². The van der Waals surface area contributed by atoms with Crippen molar-refractivity contribution in [3.05, 3.63) is 48.6 Å². The molecule has 14 heavy (non-hydrogen) atoms. The second kappa shape index (κ2) is 8.55. The molecule has 0 N–H and O–H groups in total. The van der Waals surface area contributed by atoms with E-state index in [2.05, 4.69) is 48.6 Å². The summed E-state index contributed by atoms with van der Waals surface area (Å²) in [4.78, 5) is 0. The van der Waals surface area contributed by atoms with E-state index in [4.69, 9.17) is 0 Å². The van der Waals surface area contributed by atoms with Gasteiger partial charge in [0.25, 0.3) is 0 Å². The first-order chi connectivity index (χ1) is 7.00. The average molecular weight is 187 g/mol. The van der Waals surface area contributed by atoms with Crippen molar-refractivity contribution in [1.82, 2.24) is 0 Å². The van der Waals surface area contributed by atoms with E-state index in [0.717, 1.165) is 12.8 Å². The molecular weight excluding hydrogens is 168 g/mol. The van der Waals surface area contributed by atoms with Crippen LogP contribution in [0, 0.1) is 6.08 Å². The molecule has 0 saturated heterocycles. The summed E-state index contributed by atoms with van der Waals surface area (Å²) < 4.78 is 0. The van der Waals surface area contributed by atoms with Gasteiger partial charge in [-0.3, -0.25) is 0 Å². The molecule has 75 valence electrons. The van der Waals surface area contributed by atoms with Crippen molar-refractivity contribution in [2.45, 2.75) is 38.5 Å². The third-order valence-corrected chi connectivity index (χ3v) is 2.17. The van der Waals surface area contributed by atoms with Gasteiger partial charge < -0.3 is 0 Å². The summed E-state index contributed by atoms with van der Waals surface area (Å²) in [6.45, 7) is 0. The second-order valence-corrected chi connectivity index (χ2v) is 3.46. The summed E-state index contributed by atoms with van der Waals surface area (Å²) in [6.07, 6.45) is 25.5. The zero-order chi connectivity index (χ0) is 9.90. The first-order valence-electron chi connectivity index (χ1n) is 5.52. The number of allylic oxidation sites excluding steroid dienone is 8. The maximum Gasteiger partial charge on any atom is -0.00948 e. The molecule has 0 atom stereocenters. The fraction of sp³-hybridized carbons (Fsp3) is 0.429. The predicted molar refractivity (Wildman–Crippen MR) is 62.9 cm³/mol. The Balaban J connectivity index is 2.35. The molecule has 0 unspecified atom stereocenters. The minimum absolute atomic E-state index is 0.945. The molecule has 0 aromatic rings. The molecule has 0 bridgehead atoms. The summed E-state index contributed by atoms with van der Waals surface area (Å²) in [7, 11) is 0. The molecule has 1 aliphatic carbocycles. The van der Waals surface area contributed by atoms with Gasteiger partial charge in [-0.05, 0) is 44.6 Å².